The summed E-state index contributed by atoms with van der Waals surface area (Å²) < 4.78 is 29.1. The highest BCUT2D eigenvalue weighted by atomic mass is 16.6. The maximum absolute atomic E-state index is 12.9. The number of hydrogen-bond donors (Lipinski definition) is 2. The van der Waals surface area contributed by atoms with E-state index in [1.165, 1.54) is 17.7 Å². The van der Waals surface area contributed by atoms with Gasteiger partial charge in [0.25, 0.3) is 0 Å². The molecule has 208 valence electrons. The summed E-state index contributed by atoms with van der Waals surface area (Å²) in [5.41, 5.74) is 0.413. The van der Waals surface area contributed by atoms with Crippen LogP contribution in [0.2, 0.25) is 0 Å². The number of fused-ring (bicyclic) bond motifs is 2. The zero-order valence-electron chi connectivity index (χ0n) is 22.3. The minimum absolute atomic E-state index is 0.0657. The summed E-state index contributed by atoms with van der Waals surface area (Å²) in [4.78, 5) is 24.0. The van der Waals surface area contributed by atoms with Crippen molar-refractivity contribution in [3.8, 4) is 0 Å². The average Bonchev–Trinajstić information content (AvgIpc) is 3.55. The summed E-state index contributed by atoms with van der Waals surface area (Å²) in [7, 11) is 0. The van der Waals surface area contributed by atoms with Gasteiger partial charge < -0.3 is 33.9 Å². The fraction of sp³-hybridized carbons (Fsp3) is 0.655. The second-order valence-corrected chi connectivity index (χ2v) is 11.4. The minimum Gasteiger partial charge on any atom is -0.458 e. The number of aliphatic hydroxyl groups is 2. The summed E-state index contributed by atoms with van der Waals surface area (Å²) in [6, 6.07) is 0. The van der Waals surface area contributed by atoms with Crippen molar-refractivity contribution in [2.75, 3.05) is 26.4 Å². The van der Waals surface area contributed by atoms with Gasteiger partial charge in [-0.25, -0.2) is 9.59 Å². The normalized spacial score (nSPS) is 39.2. The fourth-order valence-corrected chi connectivity index (χ4v) is 6.89. The van der Waals surface area contributed by atoms with Crippen LogP contribution in [-0.2, 0) is 33.3 Å². The van der Waals surface area contributed by atoms with Crippen molar-refractivity contribution in [1.82, 2.24) is 0 Å². The number of aliphatic hydroxyl groups excluding tert-OH is 2. The van der Waals surface area contributed by atoms with E-state index in [4.69, 9.17) is 23.7 Å². The smallest absolute Gasteiger partial charge is 0.331 e. The van der Waals surface area contributed by atoms with E-state index in [0.29, 0.717) is 26.1 Å². The molecule has 9 nitrogen and oxygen atoms in total. The number of rotatable bonds is 10. The van der Waals surface area contributed by atoms with E-state index < -0.39 is 40.7 Å². The Morgan fingerprint density at radius 1 is 1.34 bits per heavy atom. The quantitative estimate of drug-likeness (QED) is 0.144. The van der Waals surface area contributed by atoms with E-state index >= 15 is 0 Å². The number of epoxide rings is 1. The first-order chi connectivity index (χ1) is 18.1. The molecule has 38 heavy (non-hydrogen) atoms. The Balaban J connectivity index is 1.21. The van der Waals surface area contributed by atoms with Crippen molar-refractivity contribution in [3.05, 3.63) is 47.6 Å². The van der Waals surface area contributed by atoms with E-state index in [-0.39, 0.29) is 31.4 Å². The standard InChI is InChI=1S/C29H38O9/c1-18-8-10-28(16-30)23(12-18)37-24-14-22(27(28,3)29(24)17-36-29)38-25(32)7-5-4-6-21(19(2)31)34-11-9-20-13-26(33)35-15-20/h4-7,12-13,19,21-24,30-31H,8-11,14-17H2,1-3H3/b6-4+,7-5+. The molecule has 2 N–H and O–H groups in total. The highest BCUT2D eigenvalue weighted by molar-refractivity contribution is 5.85. The summed E-state index contributed by atoms with van der Waals surface area (Å²) >= 11 is 0. The van der Waals surface area contributed by atoms with Crippen LogP contribution in [0.4, 0.5) is 0 Å². The maximum Gasteiger partial charge on any atom is 0.331 e. The molecule has 3 fully saturated rings. The first-order valence-electron chi connectivity index (χ1n) is 13.4. The number of carbonyl (C=O) groups is 2. The molecule has 0 radical (unpaired) electrons. The second kappa shape index (κ2) is 10.4. The van der Waals surface area contributed by atoms with Crippen LogP contribution >= 0.6 is 0 Å². The molecule has 3 heterocycles. The van der Waals surface area contributed by atoms with Crippen molar-refractivity contribution in [3.63, 3.8) is 0 Å². The highest BCUT2D eigenvalue weighted by Crippen LogP contribution is 2.71. The monoisotopic (exact) mass is 530 g/mol. The van der Waals surface area contributed by atoms with Crippen molar-refractivity contribution >= 4 is 11.9 Å². The lowest BCUT2D eigenvalue weighted by Gasteiger charge is -2.58. The third-order valence-electron chi connectivity index (χ3n) is 9.33. The average molecular weight is 531 g/mol. The number of allylic oxidation sites excluding steroid dienone is 3. The van der Waals surface area contributed by atoms with E-state index in [2.05, 4.69) is 19.9 Å². The van der Waals surface area contributed by atoms with Crippen molar-refractivity contribution in [2.45, 2.75) is 82.6 Å². The third kappa shape index (κ3) is 4.48. The lowest BCUT2D eigenvalue weighted by Crippen LogP contribution is -2.66. The van der Waals surface area contributed by atoms with Gasteiger partial charge in [-0.1, -0.05) is 36.8 Å². The molecular formula is C29H38O9. The van der Waals surface area contributed by atoms with Gasteiger partial charge in [-0.3, -0.25) is 0 Å². The summed E-state index contributed by atoms with van der Waals surface area (Å²) in [5.74, 6) is -0.827. The predicted octanol–water partition coefficient (Wildman–Crippen LogP) is 2.32. The van der Waals surface area contributed by atoms with E-state index in [1.807, 2.05) is 0 Å². The molecule has 3 aliphatic heterocycles. The van der Waals surface area contributed by atoms with Crippen LogP contribution < -0.4 is 0 Å². The van der Waals surface area contributed by atoms with Crippen LogP contribution in [0.5, 0.6) is 0 Å². The molecule has 9 heteroatoms. The molecule has 5 aliphatic rings. The van der Waals surface area contributed by atoms with Gasteiger partial charge in [0.1, 0.15) is 24.4 Å². The van der Waals surface area contributed by atoms with Gasteiger partial charge in [0.15, 0.2) is 0 Å². The molecule has 8 unspecified atom stereocenters. The van der Waals surface area contributed by atoms with Gasteiger partial charge >= 0.3 is 11.9 Å². The number of hydrogen-bond acceptors (Lipinski definition) is 9. The molecular weight excluding hydrogens is 492 g/mol. The van der Waals surface area contributed by atoms with Gasteiger partial charge in [0, 0.05) is 29.4 Å². The molecule has 8 atom stereocenters. The van der Waals surface area contributed by atoms with Gasteiger partial charge in [-0.15, -0.1) is 0 Å². The van der Waals surface area contributed by atoms with Gasteiger partial charge in [-0.2, -0.15) is 0 Å². The fourth-order valence-electron chi connectivity index (χ4n) is 6.89. The maximum atomic E-state index is 12.9. The van der Waals surface area contributed by atoms with E-state index in [0.717, 1.165) is 18.4 Å². The largest absolute Gasteiger partial charge is 0.458 e. The van der Waals surface area contributed by atoms with Crippen LogP contribution in [0, 0.1) is 10.8 Å². The zero-order valence-corrected chi connectivity index (χ0v) is 22.3. The van der Waals surface area contributed by atoms with Crippen molar-refractivity contribution < 1.29 is 43.5 Å². The zero-order chi connectivity index (χ0) is 27.1. The first-order valence-corrected chi connectivity index (χ1v) is 13.4. The summed E-state index contributed by atoms with van der Waals surface area (Å²) in [5, 5.41) is 20.7. The van der Waals surface area contributed by atoms with E-state index in [9.17, 15) is 19.8 Å². The Kier molecular flexibility index (Phi) is 7.43. The summed E-state index contributed by atoms with van der Waals surface area (Å²) in [6.45, 7) is 6.87. The van der Waals surface area contributed by atoms with Gasteiger partial charge in [0.05, 0.1) is 38.1 Å². The van der Waals surface area contributed by atoms with Crippen molar-refractivity contribution in [1.29, 1.82) is 0 Å². The lowest BCUT2D eigenvalue weighted by molar-refractivity contribution is -0.228. The van der Waals surface area contributed by atoms with Gasteiger partial charge in [0.2, 0.25) is 0 Å². The lowest BCUT2D eigenvalue weighted by atomic mass is 9.51. The minimum atomic E-state index is -0.759. The molecule has 0 aromatic heterocycles. The third-order valence-corrected chi connectivity index (χ3v) is 9.33. The molecule has 5 rings (SSSR count). The van der Waals surface area contributed by atoms with E-state index in [1.54, 1.807) is 25.2 Å². The van der Waals surface area contributed by atoms with Crippen LogP contribution in [0.3, 0.4) is 0 Å². The van der Waals surface area contributed by atoms with Crippen LogP contribution in [-0.4, -0.2) is 84.7 Å². The number of carbonyl (C=O) groups excluding carboxylic acids is 2. The predicted molar refractivity (Wildman–Crippen MR) is 136 cm³/mol. The molecule has 0 aromatic carbocycles. The molecule has 2 saturated heterocycles. The molecule has 2 aliphatic carbocycles. The Hall–Kier alpha value is -2.30. The van der Waals surface area contributed by atoms with Gasteiger partial charge in [-0.05, 0) is 38.7 Å². The Morgan fingerprint density at radius 2 is 2.13 bits per heavy atom. The molecule has 1 spiro atoms. The topological polar surface area (TPSA) is 124 Å². The number of esters is 2. The molecule has 2 bridgehead atoms. The highest BCUT2D eigenvalue weighted by Gasteiger charge is 2.82. The SMILES string of the molecule is CC1=CC2OC3CC(OC(=O)/C=C/C=C/C(OCCC4=CC(=O)OC4)C(C)O)C(C)(C2(CO)CC1)C31CO1. The van der Waals surface area contributed by atoms with Crippen LogP contribution in [0.1, 0.15) is 46.5 Å². The first kappa shape index (κ1) is 27.3. The Labute approximate surface area is 223 Å². The van der Waals surface area contributed by atoms with Crippen LogP contribution in [0.25, 0.3) is 0 Å². The Bertz CT molecular complexity index is 1070. The molecule has 0 aromatic rings. The summed E-state index contributed by atoms with van der Waals surface area (Å²) in [6.07, 6.45) is 10.3. The number of cyclic esters (lactones) is 1. The van der Waals surface area contributed by atoms with Crippen molar-refractivity contribution in [2.24, 2.45) is 10.8 Å². The molecule has 0 amide bonds. The van der Waals surface area contributed by atoms with Crippen LogP contribution in [0.15, 0.2) is 47.6 Å². The number of ether oxygens (including phenoxy) is 5. The molecule has 1 saturated carbocycles. The second-order valence-electron chi connectivity index (χ2n) is 11.4. The Morgan fingerprint density at radius 3 is 2.79 bits per heavy atom.